The lowest BCUT2D eigenvalue weighted by Gasteiger charge is -2.06. The minimum Gasteiger partial charge on any atom is -0.462 e. The van der Waals surface area contributed by atoms with Gasteiger partial charge in [0.1, 0.15) is 4.88 Å². The van der Waals surface area contributed by atoms with Gasteiger partial charge in [0, 0.05) is 10.4 Å². The third-order valence-corrected chi connectivity index (χ3v) is 4.00. The monoisotopic (exact) mass is 371 g/mol. The van der Waals surface area contributed by atoms with E-state index in [-0.39, 0.29) is 37.4 Å². The lowest BCUT2D eigenvalue weighted by molar-refractivity contribution is -0.123. The first-order valence-corrected chi connectivity index (χ1v) is 7.82. The van der Waals surface area contributed by atoms with E-state index in [0.29, 0.717) is 17.2 Å². The number of rotatable bonds is 6. The molecule has 0 aliphatic rings. The second-order valence-corrected chi connectivity index (χ2v) is 5.70. The number of hydrogen-bond acceptors (Lipinski definition) is 6. The molecule has 0 fully saturated rings. The van der Waals surface area contributed by atoms with Crippen LogP contribution < -0.4 is 16.4 Å². The predicted octanol–water partition coefficient (Wildman–Crippen LogP) is 1.51. The smallest absolute Gasteiger partial charge is 0.348 e. The zero-order valence-electron chi connectivity index (χ0n) is 13.0. The third-order valence-electron chi connectivity index (χ3n) is 2.91. The number of nitrogens with two attached hydrogens (primary N) is 1. The molecular formula is C15H18ClN3O4S. The van der Waals surface area contributed by atoms with Gasteiger partial charge in [-0.15, -0.1) is 23.7 Å². The minimum atomic E-state index is -0.396. The molecule has 130 valence electrons. The summed E-state index contributed by atoms with van der Waals surface area (Å²) in [6.45, 7) is 1.77. The number of amides is 2. The first kappa shape index (κ1) is 19.9. The van der Waals surface area contributed by atoms with Crippen LogP contribution in [0.4, 0.5) is 5.69 Å². The zero-order chi connectivity index (χ0) is 16.8. The molecule has 1 aromatic carbocycles. The topological polar surface area (TPSA) is 111 Å². The molecule has 0 aliphatic heterocycles. The van der Waals surface area contributed by atoms with Gasteiger partial charge < -0.3 is 21.1 Å². The maximum Gasteiger partial charge on any atom is 0.348 e. The quantitative estimate of drug-likeness (QED) is 0.666. The predicted molar refractivity (Wildman–Crippen MR) is 95.7 cm³/mol. The Morgan fingerprint density at radius 2 is 1.96 bits per heavy atom. The number of nitrogens with one attached hydrogen (secondary N) is 2. The van der Waals surface area contributed by atoms with E-state index in [1.807, 2.05) is 6.07 Å². The molecule has 0 saturated carbocycles. The maximum atomic E-state index is 11.7. The van der Waals surface area contributed by atoms with Crippen LogP contribution in [0.25, 0.3) is 10.1 Å². The van der Waals surface area contributed by atoms with Crippen molar-refractivity contribution in [3.05, 3.63) is 29.1 Å². The summed E-state index contributed by atoms with van der Waals surface area (Å²) in [5, 5.41) is 5.89. The van der Waals surface area contributed by atoms with Crippen LogP contribution >= 0.6 is 23.7 Å². The number of thiophene rings is 1. The van der Waals surface area contributed by atoms with E-state index in [1.54, 1.807) is 25.1 Å². The number of fused-ring (bicyclic) bond motifs is 1. The lowest BCUT2D eigenvalue weighted by atomic mass is 10.2. The molecule has 1 aromatic heterocycles. The number of halogens is 1. The Labute approximate surface area is 148 Å². The van der Waals surface area contributed by atoms with Crippen molar-refractivity contribution >= 4 is 57.3 Å². The fourth-order valence-electron chi connectivity index (χ4n) is 1.88. The Morgan fingerprint density at radius 1 is 1.21 bits per heavy atom. The van der Waals surface area contributed by atoms with Crippen LogP contribution in [0.15, 0.2) is 24.3 Å². The van der Waals surface area contributed by atoms with Gasteiger partial charge in [-0.1, -0.05) is 0 Å². The molecule has 0 bridgehead atoms. The van der Waals surface area contributed by atoms with Crippen molar-refractivity contribution in [3.8, 4) is 0 Å². The van der Waals surface area contributed by atoms with Crippen LogP contribution in [0, 0.1) is 0 Å². The molecule has 0 saturated heterocycles. The molecule has 1 heterocycles. The van der Waals surface area contributed by atoms with Gasteiger partial charge in [-0.3, -0.25) is 9.59 Å². The van der Waals surface area contributed by atoms with Crippen molar-refractivity contribution in [2.24, 2.45) is 5.73 Å². The molecule has 0 aliphatic carbocycles. The maximum absolute atomic E-state index is 11.7. The van der Waals surface area contributed by atoms with Crippen LogP contribution in [0.1, 0.15) is 16.6 Å². The summed E-state index contributed by atoms with van der Waals surface area (Å²) in [7, 11) is 0. The number of benzene rings is 1. The summed E-state index contributed by atoms with van der Waals surface area (Å²) in [5.41, 5.74) is 5.72. The van der Waals surface area contributed by atoms with Gasteiger partial charge in [0.15, 0.2) is 0 Å². The van der Waals surface area contributed by atoms with Crippen LogP contribution in [0.2, 0.25) is 0 Å². The van der Waals surface area contributed by atoms with E-state index < -0.39 is 5.91 Å². The highest BCUT2D eigenvalue weighted by Crippen LogP contribution is 2.28. The highest BCUT2D eigenvalue weighted by atomic mass is 35.5. The number of hydrogen-bond donors (Lipinski definition) is 3. The Kier molecular flexibility index (Phi) is 7.63. The molecule has 0 spiro atoms. The Morgan fingerprint density at radius 3 is 2.62 bits per heavy atom. The molecule has 2 amide bonds. The van der Waals surface area contributed by atoms with Gasteiger partial charge in [0.05, 0.1) is 19.7 Å². The van der Waals surface area contributed by atoms with Gasteiger partial charge in [-0.2, -0.15) is 0 Å². The van der Waals surface area contributed by atoms with Crippen molar-refractivity contribution in [2.75, 3.05) is 25.0 Å². The Hall–Kier alpha value is -2.16. The standard InChI is InChI=1S/C15H17N3O4S.ClH/c1-2-22-15(21)12-6-9-5-10(3-4-11(9)23-12)18-14(20)8-17-13(19)7-16;/h3-6H,2,7-8,16H2,1H3,(H,17,19)(H,18,20);1H. The van der Waals surface area contributed by atoms with Crippen molar-refractivity contribution in [3.63, 3.8) is 0 Å². The number of esters is 1. The summed E-state index contributed by atoms with van der Waals surface area (Å²) < 4.78 is 5.89. The molecule has 24 heavy (non-hydrogen) atoms. The van der Waals surface area contributed by atoms with E-state index in [0.717, 1.165) is 10.1 Å². The zero-order valence-corrected chi connectivity index (χ0v) is 14.6. The van der Waals surface area contributed by atoms with E-state index >= 15 is 0 Å². The molecule has 0 unspecified atom stereocenters. The van der Waals surface area contributed by atoms with Gasteiger partial charge in [0.2, 0.25) is 11.8 Å². The van der Waals surface area contributed by atoms with Crippen molar-refractivity contribution in [1.82, 2.24) is 5.32 Å². The van der Waals surface area contributed by atoms with Gasteiger partial charge in [0.25, 0.3) is 0 Å². The summed E-state index contributed by atoms with van der Waals surface area (Å²) in [4.78, 5) is 35.0. The summed E-state index contributed by atoms with van der Waals surface area (Å²) in [5.74, 6) is -1.11. The molecular weight excluding hydrogens is 354 g/mol. The van der Waals surface area contributed by atoms with Crippen LogP contribution in [-0.4, -0.2) is 37.5 Å². The fourth-order valence-corrected chi connectivity index (χ4v) is 2.82. The Balaban J connectivity index is 0.00000288. The van der Waals surface area contributed by atoms with Crippen molar-refractivity contribution < 1.29 is 19.1 Å². The second kappa shape index (κ2) is 9.21. The highest BCUT2D eigenvalue weighted by Gasteiger charge is 2.12. The molecule has 2 aromatic rings. The fraction of sp³-hybridized carbons (Fsp3) is 0.267. The number of carbonyl (C=O) groups excluding carboxylic acids is 3. The highest BCUT2D eigenvalue weighted by molar-refractivity contribution is 7.20. The lowest BCUT2D eigenvalue weighted by Crippen LogP contribution is -2.36. The molecule has 2 rings (SSSR count). The second-order valence-electron chi connectivity index (χ2n) is 4.61. The van der Waals surface area contributed by atoms with E-state index in [1.165, 1.54) is 11.3 Å². The minimum absolute atomic E-state index is 0. The normalized spacial score (nSPS) is 9.92. The Bertz CT molecular complexity index is 747. The molecule has 7 nitrogen and oxygen atoms in total. The van der Waals surface area contributed by atoms with Crippen LogP contribution in [0.5, 0.6) is 0 Å². The molecule has 9 heteroatoms. The third kappa shape index (κ3) is 5.19. The van der Waals surface area contributed by atoms with E-state index in [2.05, 4.69) is 10.6 Å². The van der Waals surface area contributed by atoms with Gasteiger partial charge in [-0.05, 0) is 36.6 Å². The average molecular weight is 372 g/mol. The first-order valence-electron chi connectivity index (χ1n) is 7.00. The van der Waals surface area contributed by atoms with Crippen molar-refractivity contribution in [1.29, 1.82) is 0 Å². The van der Waals surface area contributed by atoms with Crippen molar-refractivity contribution in [2.45, 2.75) is 6.92 Å². The summed E-state index contributed by atoms with van der Waals surface area (Å²) in [6.07, 6.45) is 0. The molecule has 4 N–H and O–H groups in total. The molecule has 0 atom stereocenters. The first-order chi connectivity index (χ1) is 11.0. The van der Waals surface area contributed by atoms with Gasteiger partial charge >= 0.3 is 5.97 Å². The van der Waals surface area contributed by atoms with Crippen LogP contribution in [-0.2, 0) is 14.3 Å². The number of carbonyl (C=O) groups is 3. The molecule has 0 radical (unpaired) electrons. The number of anilines is 1. The van der Waals surface area contributed by atoms with Gasteiger partial charge in [-0.25, -0.2) is 4.79 Å². The van der Waals surface area contributed by atoms with E-state index in [9.17, 15) is 14.4 Å². The van der Waals surface area contributed by atoms with Crippen LogP contribution in [0.3, 0.4) is 0 Å². The summed E-state index contributed by atoms with van der Waals surface area (Å²) >= 11 is 1.33. The van der Waals surface area contributed by atoms with E-state index in [4.69, 9.17) is 10.5 Å². The number of ether oxygens (including phenoxy) is 1. The largest absolute Gasteiger partial charge is 0.462 e. The average Bonchev–Trinajstić information content (AvgIpc) is 2.96. The summed E-state index contributed by atoms with van der Waals surface area (Å²) in [6, 6.07) is 7.04. The SMILES string of the molecule is CCOC(=O)c1cc2cc(NC(=O)CNC(=O)CN)ccc2s1.Cl.